The van der Waals surface area contributed by atoms with Crippen LogP contribution in [0.15, 0.2) is 65.5 Å². The van der Waals surface area contributed by atoms with Crippen molar-refractivity contribution in [1.82, 2.24) is 9.47 Å². The van der Waals surface area contributed by atoms with Crippen molar-refractivity contribution in [3.8, 4) is 0 Å². The van der Waals surface area contributed by atoms with Gasteiger partial charge in [-0.15, -0.1) is 0 Å². The molecule has 0 radical (unpaired) electrons. The van der Waals surface area contributed by atoms with E-state index in [0.29, 0.717) is 32.6 Å². The van der Waals surface area contributed by atoms with E-state index >= 15 is 0 Å². The molecule has 37 heavy (non-hydrogen) atoms. The molecule has 8 nitrogen and oxygen atoms in total. The van der Waals surface area contributed by atoms with Crippen LogP contribution in [0.3, 0.4) is 0 Å². The number of carbonyl (C=O) groups is 1. The molecule has 4 aliphatic heterocycles. The number of nitro groups is 1. The molecule has 5 heterocycles. The second-order valence-electron chi connectivity index (χ2n) is 10.9. The maximum absolute atomic E-state index is 14.2. The highest BCUT2D eigenvalue weighted by atomic mass is 16.6. The maximum atomic E-state index is 14.2. The zero-order valence-electron chi connectivity index (χ0n) is 20.5. The number of hydrogen-bond acceptors (Lipinski definition) is 5. The topological polar surface area (TPSA) is 88.7 Å². The van der Waals surface area contributed by atoms with E-state index < -0.39 is 0 Å². The molecular formula is C29H28N4O4. The zero-order chi connectivity index (χ0) is 25.3. The summed E-state index contributed by atoms with van der Waals surface area (Å²) in [6.45, 7) is 2.57. The van der Waals surface area contributed by atoms with Crippen LogP contribution in [0.1, 0.15) is 34.7 Å². The number of piperidine rings is 1. The Morgan fingerprint density at radius 3 is 2.65 bits per heavy atom. The van der Waals surface area contributed by atoms with Gasteiger partial charge in [-0.05, 0) is 54.0 Å². The number of aromatic nitrogens is 1. The van der Waals surface area contributed by atoms with E-state index in [1.54, 1.807) is 18.2 Å². The zero-order valence-corrected chi connectivity index (χ0v) is 20.5. The summed E-state index contributed by atoms with van der Waals surface area (Å²) in [4.78, 5) is 42.5. The van der Waals surface area contributed by atoms with Crippen molar-refractivity contribution in [2.45, 2.75) is 44.3 Å². The summed E-state index contributed by atoms with van der Waals surface area (Å²) in [6.07, 6.45) is 2.26. The van der Waals surface area contributed by atoms with Gasteiger partial charge >= 0.3 is 0 Å². The number of nitro benzene ring substituents is 1. The minimum atomic E-state index is -0.363. The third-order valence-corrected chi connectivity index (χ3v) is 8.96. The molecule has 1 saturated heterocycles. The lowest BCUT2D eigenvalue weighted by molar-refractivity contribution is -0.384. The Labute approximate surface area is 214 Å². The Kier molecular flexibility index (Phi) is 4.99. The van der Waals surface area contributed by atoms with Crippen LogP contribution in [0.25, 0.3) is 0 Å². The molecule has 2 aromatic carbocycles. The number of pyridine rings is 1. The van der Waals surface area contributed by atoms with E-state index in [4.69, 9.17) is 0 Å². The monoisotopic (exact) mass is 496 g/mol. The normalized spacial score (nSPS) is 25.4. The Morgan fingerprint density at radius 2 is 1.81 bits per heavy atom. The van der Waals surface area contributed by atoms with Crippen molar-refractivity contribution in [2.75, 3.05) is 18.0 Å². The van der Waals surface area contributed by atoms with Crippen molar-refractivity contribution in [2.24, 2.45) is 11.8 Å². The number of fused-ring (bicyclic) bond motifs is 9. The third-order valence-electron chi connectivity index (χ3n) is 8.96. The summed E-state index contributed by atoms with van der Waals surface area (Å²) in [5, 5.41) is 11.6. The average molecular weight is 497 g/mol. The Bertz CT molecular complexity index is 1500. The first-order valence-electron chi connectivity index (χ1n) is 13.1. The second kappa shape index (κ2) is 8.30. The van der Waals surface area contributed by atoms with Gasteiger partial charge < -0.3 is 14.4 Å². The van der Waals surface area contributed by atoms with Gasteiger partial charge in [-0.1, -0.05) is 30.3 Å². The van der Waals surface area contributed by atoms with E-state index in [1.807, 2.05) is 39.8 Å². The van der Waals surface area contributed by atoms with Crippen molar-refractivity contribution in [1.29, 1.82) is 0 Å². The summed E-state index contributed by atoms with van der Waals surface area (Å²) in [5.74, 6) is 0.140. The third kappa shape index (κ3) is 3.49. The van der Waals surface area contributed by atoms with E-state index in [-0.39, 0.29) is 45.9 Å². The molecule has 0 N–H and O–H groups in total. The Morgan fingerprint density at radius 1 is 0.973 bits per heavy atom. The Balaban J connectivity index is 1.30. The Hall–Kier alpha value is -3.94. The average Bonchev–Trinajstić information content (AvgIpc) is 2.92. The van der Waals surface area contributed by atoms with Crippen LogP contribution in [0.4, 0.5) is 11.4 Å². The van der Waals surface area contributed by atoms with Crippen LogP contribution < -0.4 is 10.5 Å². The highest BCUT2D eigenvalue weighted by Gasteiger charge is 2.50. The van der Waals surface area contributed by atoms with Gasteiger partial charge in [0.15, 0.2) is 0 Å². The largest absolute Gasteiger partial charge is 0.366 e. The molecule has 4 aliphatic rings. The molecule has 0 saturated carbocycles. The molecule has 0 spiro atoms. The minimum absolute atomic E-state index is 0.0167. The van der Waals surface area contributed by atoms with Gasteiger partial charge in [-0.3, -0.25) is 19.7 Å². The summed E-state index contributed by atoms with van der Waals surface area (Å²) >= 11 is 0. The number of nitrogens with zero attached hydrogens (tertiary/aromatic N) is 4. The molecule has 1 fully saturated rings. The molecule has 4 atom stereocenters. The van der Waals surface area contributed by atoms with Crippen LogP contribution >= 0.6 is 0 Å². The van der Waals surface area contributed by atoms with E-state index in [9.17, 15) is 19.7 Å². The number of non-ortho nitro benzene ring substituents is 1. The van der Waals surface area contributed by atoms with Crippen LogP contribution in [-0.4, -0.2) is 39.4 Å². The molecule has 0 unspecified atom stereocenters. The summed E-state index contributed by atoms with van der Waals surface area (Å²) < 4.78 is 1.90. The van der Waals surface area contributed by atoms with E-state index in [0.717, 1.165) is 29.8 Å². The van der Waals surface area contributed by atoms with Crippen molar-refractivity contribution >= 4 is 17.3 Å². The maximum Gasteiger partial charge on any atom is 0.269 e. The van der Waals surface area contributed by atoms with E-state index in [2.05, 4.69) is 17.0 Å². The van der Waals surface area contributed by atoms with Gasteiger partial charge in [0.1, 0.15) is 0 Å². The summed E-state index contributed by atoms with van der Waals surface area (Å²) in [6, 6.07) is 18.8. The smallest absolute Gasteiger partial charge is 0.269 e. The number of amides is 1. The molecule has 1 aromatic heterocycles. The first kappa shape index (κ1) is 22.3. The fourth-order valence-electron chi connectivity index (χ4n) is 7.36. The van der Waals surface area contributed by atoms with Gasteiger partial charge in [0.05, 0.1) is 10.8 Å². The van der Waals surface area contributed by atoms with Crippen molar-refractivity contribution in [3.05, 3.63) is 104 Å². The standard InChI is InChI=1S/C29H28N4O4/c34-27-7-3-6-25-21-12-22(17-31(25)27)28-24(29(35)30-11-10-18-4-1-2-5-19(18)15-30)14-20-13-23(33(36)37)8-9-26(20)32(28)16-21/h1-9,13,21-22,24,28H,10-12,14-17H2/t21-,22-,24+,28-/m0/s1. The lowest BCUT2D eigenvalue weighted by Crippen LogP contribution is -2.61. The minimum Gasteiger partial charge on any atom is -0.366 e. The SMILES string of the molecule is O=C([C@@H]1Cc2cc([N+](=O)[O-])ccc2N2C[C@@H]3C[C@@H](Cn4c3cccc4=O)[C@@H]12)N1CCc2ccccc2C1. The van der Waals surface area contributed by atoms with E-state index in [1.165, 1.54) is 11.1 Å². The predicted octanol–water partition coefficient (Wildman–Crippen LogP) is 3.51. The molecule has 7 rings (SSSR count). The molecule has 3 aromatic rings. The van der Waals surface area contributed by atoms with Gasteiger partial charge in [-0.25, -0.2) is 0 Å². The molecule has 8 heteroatoms. The van der Waals surface area contributed by atoms with Gasteiger partial charge in [0.25, 0.3) is 11.2 Å². The number of anilines is 1. The van der Waals surface area contributed by atoms with Crippen LogP contribution in [0.5, 0.6) is 0 Å². The van der Waals surface area contributed by atoms with Crippen molar-refractivity contribution in [3.63, 3.8) is 0 Å². The van der Waals surface area contributed by atoms with Crippen molar-refractivity contribution < 1.29 is 9.72 Å². The number of carbonyl (C=O) groups excluding carboxylic acids is 1. The summed E-state index contributed by atoms with van der Waals surface area (Å²) in [7, 11) is 0. The highest BCUT2D eigenvalue weighted by Crippen LogP contribution is 2.48. The highest BCUT2D eigenvalue weighted by molar-refractivity contribution is 5.83. The summed E-state index contributed by atoms with van der Waals surface area (Å²) in [5.41, 5.74) is 5.46. The fourth-order valence-corrected chi connectivity index (χ4v) is 7.36. The molecule has 0 aliphatic carbocycles. The second-order valence-corrected chi connectivity index (χ2v) is 10.9. The molecule has 188 valence electrons. The first-order valence-corrected chi connectivity index (χ1v) is 13.1. The number of benzene rings is 2. The van der Waals surface area contributed by atoms with Gasteiger partial charge in [0, 0.05) is 67.7 Å². The van der Waals surface area contributed by atoms with Crippen LogP contribution in [0.2, 0.25) is 0 Å². The first-order chi connectivity index (χ1) is 18.0. The lowest BCUT2D eigenvalue weighted by atomic mass is 9.69. The van der Waals surface area contributed by atoms with Gasteiger partial charge in [-0.2, -0.15) is 0 Å². The molecule has 1 amide bonds. The predicted molar refractivity (Wildman–Crippen MR) is 139 cm³/mol. The number of rotatable bonds is 2. The van der Waals surface area contributed by atoms with Gasteiger partial charge in [0.2, 0.25) is 5.91 Å². The lowest BCUT2D eigenvalue weighted by Gasteiger charge is -2.54. The fraction of sp³-hybridized carbons (Fsp3) is 0.379. The van der Waals surface area contributed by atoms with Crippen LogP contribution in [-0.2, 0) is 30.7 Å². The number of hydrogen-bond donors (Lipinski definition) is 0. The molecular weight excluding hydrogens is 468 g/mol. The quantitative estimate of drug-likeness (QED) is 0.400. The molecule has 2 bridgehead atoms. The van der Waals surface area contributed by atoms with Crippen LogP contribution in [0, 0.1) is 22.0 Å².